The minimum atomic E-state index is 0.605. The fourth-order valence-corrected chi connectivity index (χ4v) is 1.34. The Morgan fingerprint density at radius 1 is 1.50 bits per heavy atom. The van der Waals surface area contributed by atoms with Crippen molar-refractivity contribution in [1.29, 1.82) is 0 Å². The minimum Gasteiger partial charge on any atom is -0.368 e. The number of fused-ring (bicyclic) bond motifs is 1. The van der Waals surface area contributed by atoms with Gasteiger partial charge in [0.2, 0.25) is 0 Å². The lowest BCUT2D eigenvalue weighted by Crippen LogP contribution is -2.30. The van der Waals surface area contributed by atoms with Gasteiger partial charge in [-0.2, -0.15) is 0 Å². The van der Waals surface area contributed by atoms with Gasteiger partial charge in [-0.05, 0) is 13.5 Å². The van der Waals surface area contributed by atoms with Gasteiger partial charge in [0.25, 0.3) is 0 Å². The molecule has 0 bridgehead atoms. The molecule has 0 spiro atoms. The molecule has 0 amide bonds. The molecule has 2 aliphatic heterocycles. The first-order valence-corrected chi connectivity index (χ1v) is 3.20. The predicted octanol–water partition coefficient (Wildman–Crippen LogP) is 0.0893. The van der Waals surface area contributed by atoms with E-state index in [9.17, 15) is 0 Å². The Hall–Kier alpha value is -0.0800. The normalized spacial score (nSPS) is 46.1. The van der Waals surface area contributed by atoms with Gasteiger partial charge in [0.15, 0.2) is 0 Å². The van der Waals surface area contributed by atoms with Crippen molar-refractivity contribution in [3.8, 4) is 0 Å². The first kappa shape index (κ1) is 4.77. The Labute approximate surface area is 49.4 Å². The van der Waals surface area contributed by atoms with Crippen LogP contribution in [0.4, 0.5) is 0 Å². The summed E-state index contributed by atoms with van der Waals surface area (Å²) in [6.45, 7) is 2.38. The number of nitrogens with zero attached hydrogens (tertiary/aromatic N) is 1. The van der Waals surface area contributed by atoms with Gasteiger partial charge >= 0.3 is 0 Å². The number of hydrogen-bond donors (Lipinski definition) is 0. The summed E-state index contributed by atoms with van der Waals surface area (Å²) in [6.07, 6.45) is 2.50. The number of rotatable bonds is 0. The van der Waals surface area contributed by atoms with E-state index in [1.807, 2.05) is 0 Å². The number of hydrogen-bond acceptors (Lipinski definition) is 2. The zero-order chi connectivity index (χ0) is 5.56. The van der Waals surface area contributed by atoms with Gasteiger partial charge in [-0.3, -0.25) is 0 Å². The Morgan fingerprint density at radius 2 is 2.38 bits per heavy atom. The van der Waals surface area contributed by atoms with Crippen LogP contribution in [0.3, 0.4) is 0 Å². The van der Waals surface area contributed by atoms with Crippen LogP contribution in [-0.2, 0) is 4.74 Å². The molecule has 2 atom stereocenters. The number of likely N-dealkylation sites (tertiary alicyclic amines) is 1. The van der Waals surface area contributed by atoms with Crippen molar-refractivity contribution < 1.29 is 4.74 Å². The van der Waals surface area contributed by atoms with E-state index in [4.69, 9.17) is 4.74 Å². The van der Waals surface area contributed by atoms with Crippen molar-refractivity contribution in [3.63, 3.8) is 0 Å². The fraction of sp³-hybridized carbons (Fsp3) is 1.00. The summed E-state index contributed by atoms with van der Waals surface area (Å²) in [4.78, 5) is 2.33. The number of piperidine rings is 1. The van der Waals surface area contributed by atoms with Crippen molar-refractivity contribution >= 4 is 0 Å². The minimum absolute atomic E-state index is 0.605. The highest BCUT2D eigenvalue weighted by molar-refractivity contribution is 4.91. The zero-order valence-corrected chi connectivity index (χ0v) is 5.13. The van der Waals surface area contributed by atoms with Crippen molar-refractivity contribution in [3.05, 3.63) is 0 Å². The Morgan fingerprint density at radius 3 is 3.00 bits per heavy atom. The summed E-state index contributed by atoms with van der Waals surface area (Å²) in [5, 5.41) is 0. The summed E-state index contributed by atoms with van der Waals surface area (Å²) < 4.78 is 5.31. The van der Waals surface area contributed by atoms with Crippen molar-refractivity contribution in [2.75, 3.05) is 20.1 Å². The molecule has 0 aromatic heterocycles. The Balaban J connectivity index is 1.93. The van der Waals surface area contributed by atoms with Crippen LogP contribution in [0.15, 0.2) is 0 Å². The molecule has 2 nitrogen and oxygen atoms in total. The summed E-state index contributed by atoms with van der Waals surface area (Å²) in [5.41, 5.74) is 0. The second kappa shape index (κ2) is 1.45. The van der Waals surface area contributed by atoms with E-state index in [2.05, 4.69) is 11.9 Å². The van der Waals surface area contributed by atoms with E-state index in [1.54, 1.807) is 0 Å². The van der Waals surface area contributed by atoms with E-state index >= 15 is 0 Å². The Bertz CT molecular complexity index is 105. The van der Waals surface area contributed by atoms with E-state index < -0.39 is 0 Å². The number of ether oxygens (including phenoxy) is 1. The van der Waals surface area contributed by atoms with E-state index in [0.29, 0.717) is 12.2 Å². The highest BCUT2D eigenvalue weighted by Crippen LogP contribution is 2.29. The van der Waals surface area contributed by atoms with Crippen LogP contribution < -0.4 is 0 Å². The van der Waals surface area contributed by atoms with Crippen LogP contribution in [0.5, 0.6) is 0 Å². The molecule has 2 saturated heterocycles. The maximum Gasteiger partial charge on any atom is 0.0968 e. The lowest BCUT2D eigenvalue weighted by atomic mass is 10.1. The lowest BCUT2D eigenvalue weighted by molar-refractivity contribution is 0.296. The standard InChI is InChI=1S/C6H11NO/c1-7-3-2-5-6(4-7)8-5/h5-6H,2-4H2,1H3/t5-,6+/m1/s1. The van der Waals surface area contributed by atoms with Crippen LogP contribution in [0.2, 0.25) is 0 Å². The molecule has 8 heavy (non-hydrogen) atoms. The number of likely N-dealkylation sites (N-methyl/N-ethyl adjacent to an activating group) is 1. The number of epoxide rings is 1. The van der Waals surface area contributed by atoms with Gasteiger partial charge in [0, 0.05) is 13.1 Å². The maximum absolute atomic E-state index is 5.31. The largest absolute Gasteiger partial charge is 0.368 e. The molecule has 0 radical (unpaired) electrons. The summed E-state index contributed by atoms with van der Waals surface area (Å²) in [7, 11) is 2.15. The van der Waals surface area contributed by atoms with Crippen LogP contribution in [0.1, 0.15) is 6.42 Å². The molecular weight excluding hydrogens is 102 g/mol. The molecule has 2 heterocycles. The lowest BCUT2D eigenvalue weighted by Gasteiger charge is -2.17. The van der Waals surface area contributed by atoms with Gasteiger partial charge in [-0.1, -0.05) is 0 Å². The molecular formula is C6H11NO. The maximum atomic E-state index is 5.31. The first-order valence-electron chi connectivity index (χ1n) is 3.20. The molecule has 0 N–H and O–H groups in total. The van der Waals surface area contributed by atoms with Gasteiger partial charge in [0.05, 0.1) is 12.2 Å². The molecule has 2 heteroatoms. The highest BCUT2D eigenvalue weighted by atomic mass is 16.6. The van der Waals surface area contributed by atoms with Crippen LogP contribution >= 0.6 is 0 Å². The van der Waals surface area contributed by atoms with Gasteiger partial charge < -0.3 is 9.64 Å². The second-order valence-electron chi connectivity index (χ2n) is 2.76. The summed E-state index contributed by atoms with van der Waals surface area (Å²) >= 11 is 0. The summed E-state index contributed by atoms with van der Waals surface area (Å²) in [5.74, 6) is 0. The van der Waals surface area contributed by atoms with Crippen molar-refractivity contribution in [2.45, 2.75) is 18.6 Å². The average molecular weight is 113 g/mol. The third kappa shape index (κ3) is 0.644. The smallest absolute Gasteiger partial charge is 0.0968 e. The van der Waals surface area contributed by atoms with Crippen LogP contribution in [0, 0.1) is 0 Å². The van der Waals surface area contributed by atoms with Crippen molar-refractivity contribution in [2.24, 2.45) is 0 Å². The molecule has 2 rings (SSSR count). The van der Waals surface area contributed by atoms with Crippen LogP contribution in [0.25, 0.3) is 0 Å². The van der Waals surface area contributed by atoms with Crippen molar-refractivity contribution in [1.82, 2.24) is 4.90 Å². The van der Waals surface area contributed by atoms with Gasteiger partial charge in [0.1, 0.15) is 0 Å². The topological polar surface area (TPSA) is 15.8 Å². The van der Waals surface area contributed by atoms with E-state index in [1.165, 1.54) is 13.0 Å². The molecule has 0 aromatic carbocycles. The quantitative estimate of drug-likeness (QED) is 0.414. The molecule has 0 aromatic rings. The molecule has 2 aliphatic rings. The first-order chi connectivity index (χ1) is 3.86. The molecule has 46 valence electrons. The third-order valence-corrected chi connectivity index (χ3v) is 1.97. The summed E-state index contributed by atoms with van der Waals surface area (Å²) in [6, 6.07) is 0. The van der Waals surface area contributed by atoms with Gasteiger partial charge in [-0.15, -0.1) is 0 Å². The Kier molecular flexibility index (Phi) is 0.866. The molecule has 0 saturated carbocycles. The SMILES string of the molecule is CN1CC[C@H]2O[C@H]2C1. The fourth-order valence-electron chi connectivity index (χ4n) is 1.34. The average Bonchev–Trinajstić information content (AvgIpc) is 2.43. The van der Waals surface area contributed by atoms with E-state index in [0.717, 1.165) is 6.54 Å². The molecule has 2 fully saturated rings. The second-order valence-corrected chi connectivity index (χ2v) is 2.76. The predicted molar refractivity (Wildman–Crippen MR) is 30.8 cm³/mol. The van der Waals surface area contributed by atoms with Crippen LogP contribution in [-0.4, -0.2) is 37.2 Å². The monoisotopic (exact) mass is 113 g/mol. The third-order valence-electron chi connectivity index (χ3n) is 1.97. The highest BCUT2D eigenvalue weighted by Gasteiger charge is 2.41. The molecule has 0 unspecified atom stereocenters. The van der Waals surface area contributed by atoms with E-state index in [-0.39, 0.29) is 0 Å². The zero-order valence-electron chi connectivity index (χ0n) is 5.13. The molecule has 0 aliphatic carbocycles. The van der Waals surface area contributed by atoms with Gasteiger partial charge in [-0.25, -0.2) is 0 Å².